The second-order valence-corrected chi connectivity index (χ2v) is 6.18. The monoisotopic (exact) mass is 291 g/mol. The van der Waals surface area contributed by atoms with E-state index in [1.165, 1.54) is 0 Å². The van der Waals surface area contributed by atoms with Gasteiger partial charge in [-0.05, 0) is 48.7 Å². The van der Waals surface area contributed by atoms with Gasteiger partial charge in [0.2, 0.25) is 5.91 Å². The number of hydrogen-bond acceptors (Lipinski definition) is 2. The van der Waals surface area contributed by atoms with Crippen LogP contribution in [0.4, 0.5) is 5.69 Å². The van der Waals surface area contributed by atoms with E-state index in [-0.39, 0.29) is 5.91 Å². The molecule has 3 heteroatoms. The van der Waals surface area contributed by atoms with Gasteiger partial charge in [-0.25, -0.2) is 0 Å². The van der Waals surface area contributed by atoms with Crippen LogP contribution in [-0.2, 0) is 16.6 Å². The van der Waals surface area contributed by atoms with E-state index >= 15 is 0 Å². The van der Waals surface area contributed by atoms with Gasteiger partial charge < -0.3 is 9.32 Å². The lowest BCUT2D eigenvalue weighted by atomic mass is 9.78. The summed E-state index contributed by atoms with van der Waals surface area (Å²) in [5, 5.41) is 1.08. The lowest BCUT2D eigenvalue weighted by molar-refractivity contribution is -0.122. The standard InChI is InChI=1S/C19H17NO2/c1-19(12-13-7-8-17-14(11-13)9-10-22-17)15-5-3-4-6-16(15)20(2)18(19)21/h3-11H,12H2,1-2H3/t19-/m1/s1. The number of carbonyl (C=O) groups is 1. The van der Waals surface area contributed by atoms with Crippen molar-refractivity contribution in [2.75, 3.05) is 11.9 Å². The van der Waals surface area contributed by atoms with Gasteiger partial charge >= 0.3 is 0 Å². The molecule has 1 aliphatic heterocycles. The third-order valence-electron chi connectivity index (χ3n) is 4.71. The zero-order valence-electron chi connectivity index (χ0n) is 12.7. The Labute approximate surface area is 129 Å². The largest absolute Gasteiger partial charge is 0.464 e. The van der Waals surface area contributed by atoms with Crippen LogP contribution < -0.4 is 4.90 Å². The first-order chi connectivity index (χ1) is 10.6. The summed E-state index contributed by atoms with van der Waals surface area (Å²) in [5.74, 6) is 0.154. The first-order valence-corrected chi connectivity index (χ1v) is 7.43. The molecule has 0 fully saturated rings. The normalized spacial score (nSPS) is 20.6. The molecule has 3 aromatic rings. The number of carbonyl (C=O) groups excluding carboxylic acids is 1. The molecule has 3 nitrogen and oxygen atoms in total. The molecule has 1 atom stereocenters. The molecular formula is C19H17NO2. The van der Waals surface area contributed by atoms with Gasteiger partial charge in [0, 0.05) is 18.1 Å². The van der Waals surface area contributed by atoms with Crippen LogP contribution >= 0.6 is 0 Å². The van der Waals surface area contributed by atoms with Crippen molar-refractivity contribution in [3.63, 3.8) is 0 Å². The lowest BCUT2D eigenvalue weighted by Gasteiger charge is -2.23. The van der Waals surface area contributed by atoms with E-state index in [1.807, 2.05) is 50.4 Å². The average Bonchev–Trinajstić information content (AvgIpc) is 3.06. The average molecular weight is 291 g/mol. The minimum absolute atomic E-state index is 0.154. The van der Waals surface area contributed by atoms with E-state index in [0.29, 0.717) is 6.42 Å². The zero-order chi connectivity index (χ0) is 15.3. The Kier molecular flexibility index (Phi) is 2.67. The van der Waals surface area contributed by atoms with Crippen molar-refractivity contribution >= 4 is 22.6 Å². The number of furan rings is 1. The highest BCUT2D eigenvalue weighted by Crippen LogP contribution is 2.43. The molecule has 2 heterocycles. The fraction of sp³-hybridized carbons (Fsp3) is 0.211. The fourth-order valence-corrected chi connectivity index (χ4v) is 3.53. The Bertz CT molecular complexity index is 880. The smallest absolute Gasteiger partial charge is 0.237 e. The van der Waals surface area contributed by atoms with E-state index < -0.39 is 5.41 Å². The summed E-state index contributed by atoms with van der Waals surface area (Å²) in [4.78, 5) is 14.6. The summed E-state index contributed by atoms with van der Waals surface area (Å²) in [6.45, 7) is 2.04. The van der Waals surface area contributed by atoms with Gasteiger partial charge in [0.05, 0.1) is 11.7 Å². The van der Waals surface area contributed by atoms with Crippen LogP contribution in [0.25, 0.3) is 11.0 Å². The molecule has 4 rings (SSSR count). The van der Waals surface area contributed by atoms with Crippen molar-refractivity contribution in [1.82, 2.24) is 0 Å². The van der Waals surface area contributed by atoms with Crippen LogP contribution in [-0.4, -0.2) is 13.0 Å². The van der Waals surface area contributed by atoms with Crippen molar-refractivity contribution < 1.29 is 9.21 Å². The molecule has 0 saturated carbocycles. The second kappa shape index (κ2) is 4.47. The van der Waals surface area contributed by atoms with Crippen molar-refractivity contribution in [2.45, 2.75) is 18.8 Å². The highest BCUT2D eigenvalue weighted by atomic mass is 16.3. The molecule has 22 heavy (non-hydrogen) atoms. The molecule has 0 spiro atoms. The van der Waals surface area contributed by atoms with Crippen LogP contribution in [0.5, 0.6) is 0 Å². The van der Waals surface area contributed by atoms with Gasteiger partial charge in [0.15, 0.2) is 0 Å². The van der Waals surface area contributed by atoms with Gasteiger partial charge in [0.25, 0.3) is 0 Å². The van der Waals surface area contributed by atoms with Gasteiger partial charge in [-0.1, -0.05) is 24.3 Å². The summed E-state index contributed by atoms with van der Waals surface area (Å²) in [6, 6.07) is 16.1. The molecule has 1 amide bonds. The van der Waals surface area contributed by atoms with Crippen molar-refractivity contribution in [1.29, 1.82) is 0 Å². The summed E-state index contributed by atoms with van der Waals surface area (Å²) in [7, 11) is 1.85. The number of rotatable bonds is 2. The molecule has 110 valence electrons. The number of hydrogen-bond donors (Lipinski definition) is 0. The van der Waals surface area contributed by atoms with E-state index in [4.69, 9.17) is 4.42 Å². The molecule has 2 aromatic carbocycles. The Morgan fingerprint density at radius 2 is 1.95 bits per heavy atom. The van der Waals surface area contributed by atoms with Crippen molar-refractivity contribution in [3.05, 3.63) is 65.9 Å². The van der Waals surface area contributed by atoms with Gasteiger partial charge in [0.1, 0.15) is 5.58 Å². The summed E-state index contributed by atoms with van der Waals surface area (Å²) in [6.07, 6.45) is 2.38. The molecule has 1 aromatic heterocycles. The van der Waals surface area contributed by atoms with E-state index in [9.17, 15) is 4.79 Å². The topological polar surface area (TPSA) is 33.5 Å². The molecule has 0 unspecified atom stereocenters. The van der Waals surface area contributed by atoms with Crippen LogP contribution in [0.2, 0.25) is 0 Å². The van der Waals surface area contributed by atoms with Crippen LogP contribution in [0.15, 0.2) is 59.2 Å². The summed E-state index contributed by atoms with van der Waals surface area (Å²) >= 11 is 0. The third kappa shape index (κ3) is 1.72. The number of anilines is 1. The molecular weight excluding hydrogens is 274 g/mol. The molecule has 0 saturated heterocycles. The minimum atomic E-state index is -0.511. The third-order valence-corrected chi connectivity index (χ3v) is 4.71. The van der Waals surface area contributed by atoms with Crippen LogP contribution in [0.1, 0.15) is 18.1 Å². The van der Waals surface area contributed by atoms with Crippen molar-refractivity contribution in [3.8, 4) is 0 Å². The quantitative estimate of drug-likeness (QED) is 0.717. The number of benzene rings is 2. The fourth-order valence-electron chi connectivity index (χ4n) is 3.53. The predicted molar refractivity (Wildman–Crippen MR) is 87.1 cm³/mol. The molecule has 0 radical (unpaired) electrons. The highest BCUT2D eigenvalue weighted by molar-refractivity contribution is 6.07. The van der Waals surface area contributed by atoms with Gasteiger partial charge in [-0.3, -0.25) is 4.79 Å². The van der Waals surface area contributed by atoms with E-state index in [2.05, 4.69) is 12.1 Å². The Balaban J connectivity index is 1.79. The number of likely N-dealkylation sites (N-methyl/N-ethyl adjacent to an activating group) is 1. The first kappa shape index (κ1) is 13.1. The summed E-state index contributed by atoms with van der Waals surface area (Å²) < 4.78 is 5.39. The van der Waals surface area contributed by atoms with Gasteiger partial charge in [-0.2, -0.15) is 0 Å². The molecule has 0 aliphatic carbocycles. The number of nitrogens with zero attached hydrogens (tertiary/aromatic N) is 1. The van der Waals surface area contributed by atoms with Crippen molar-refractivity contribution in [2.24, 2.45) is 0 Å². The van der Waals surface area contributed by atoms with Gasteiger partial charge in [-0.15, -0.1) is 0 Å². The Hall–Kier alpha value is -2.55. The SMILES string of the molecule is CN1C(=O)[C@](C)(Cc2ccc3occc3c2)c2ccccc21. The van der Waals surface area contributed by atoms with E-state index in [0.717, 1.165) is 27.8 Å². The summed E-state index contributed by atoms with van der Waals surface area (Å²) in [5.41, 5.74) is 3.64. The second-order valence-electron chi connectivity index (χ2n) is 6.18. The van der Waals surface area contributed by atoms with E-state index in [1.54, 1.807) is 11.2 Å². The number of para-hydroxylation sites is 1. The molecule has 0 bridgehead atoms. The first-order valence-electron chi connectivity index (χ1n) is 7.43. The number of amides is 1. The maximum Gasteiger partial charge on any atom is 0.237 e. The Morgan fingerprint density at radius 1 is 1.14 bits per heavy atom. The maximum absolute atomic E-state index is 12.8. The highest BCUT2D eigenvalue weighted by Gasteiger charge is 2.45. The van der Waals surface area contributed by atoms with Crippen LogP contribution in [0, 0.1) is 0 Å². The minimum Gasteiger partial charge on any atom is -0.464 e. The maximum atomic E-state index is 12.8. The lowest BCUT2D eigenvalue weighted by Crippen LogP contribution is -2.37. The van der Waals surface area contributed by atoms with Crippen LogP contribution in [0.3, 0.4) is 0 Å². The predicted octanol–water partition coefficient (Wildman–Crippen LogP) is 3.91. The zero-order valence-corrected chi connectivity index (χ0v) is 12.7. The molecule has 1 aliphatic rings. The molecule has 0 N–H and O–H groups in total. The Morgan fingerprint density at radius 3 is 2.82 bits per heavy atom. The number of fused-ring (bicyclic) bond motifs is 2.